The zero-order valence-electron chi connectivity index (χ0n) is 10.1. The Balaban J connectivity index is 2.11. The molecule has 1 aromatic carbocycles. The van der Waals surface area contributed by atoms with Gasteiger partial charge in [-0.3, -0.25) is 10.1 Å². The van der Waals surface area contributed by atoms with Crippen LogP contribution in [0.4, 0.5) is 5.13 Å². The molecule has 1 amide bonds. The summed E-state index contributed by atoms with van der Waals surface area (Å²) in [6, 6.07) is 7.03. The van der Waals surface area contributed by atoms with Gasteiger partial charge in [0.1, 0.15) is 11.6 Å². The number of rotatable bonds is 4. The Morgan fingerprint density at radius 3 is 3.00 bits per heavy atom. The van der Waals surface area contributed by atoms with E-state index < -0.39 is 0 Å². The van der Waals surface area contributed by atoms with Gasteiger partial charge in [0, 0.05) is 17.1 Å². The summed E-state index contributed by atoms with van der Waals surface area (Å²) in [5.41, 5.74) is 0.536. The Kier molecular flexibility index (Phi) is 3.88. The minimum absolute atomic E-state index is 0.215. The Morgan fingerprint density at radius 2 is 2.33 bits per heavy atom. The van der Waals surface area contributed by atoms with E-state index in [1.807, 2.05) is 13.0 Å². The number of hydrogen-bond acceptors (Lipinski definition) is 5. The van der Waals surface area contributed by atoms with E-state index in [1.165, 1.54) is 0 Å². The minimum atomic E-state index is -0.215. The van der Waals surface area contributed by atoms with Gasteiger partial charge in [-0.05, 0) is 32.0 Å². The summed E-state index contributed by atoms with van der Waals surface area (Å²) in [5.74, 6) is 1.12. The number of nitrogens with one attached hydrogen (secondary N) is 1. The third kappa shape index (κ3) is 3.04. The van der Waals surface area contributed by atoms with Crippen molar-refractivity contribution in [2.24, 2.45) is 0 Å². The summed E-state index contributed by atoms with van der Waals surface area (Å²) in [6.45, 7) is 4.25. The molecule has 0 unspecified atom stereocenters. The zero-order valence-corrected chi connectivity index (χ0v) is 11.0. The Labute approximate surface area is 109 Å². The summed E-state index contributed by atoms with van der Waals surface area (Å²) in [7, 11) is 0. The van der Waals surface area contributed by atoms with Gasteiger partial charge >= 0.3 is 0 Å². The second-order valence-electron chi connectivity index (χ2n) is 3.56. The summed E-state index contributed by atoms with van der Waals surface area (Å²) in [4.78, 5) is 16.0. The number of carbonyl (C=O) groups excluding carboxylic acids is 1. The zero-order chi connectivity index (χ0) is 13.0. The molecule has 0 saturated carbocycles. The standard InChI is InChI=1S/C12H13N3O2S/c1-3-17-10-6-4-5-9(7-10)11(16)14-12-13-8(2)15-18-12/h4-7H,3H2,1-2H3,(H,13,14,15,16). The molecule has 0 atom stereocenters. The second kappa shape index (κ2) is 5.59. The van der Waals surface area contributed by atoms with Crippen LogP contribution in [0.15, 0.2) is 24.3 Å². The molecule has 1 aromatic heterocycles. The largest absolute Gasteiger partial charge is 0.494 e. The first-order chi connectivity index (χ1) is 8.69. The maximum Gasteiger partial charge on any atom is 0.257 e. The highest BCUT2D eigenvalue weighted by Gasteiger charge is 2.09. The average molecular weight is 263 g/mol. The van der Waals surface area contributed by atoms with Crippen molar-refractivity contribution in [1.82, 2.24) is 9.36 Å². The van der Waals surface area contributed by atoms with Crippen molar-refractivity contribution < 1.29 is 9.53 Å². The molecule has 0 spiro atoms. The van der Waals surface area contributed by atoms with Gasteiger partial charge < -0.3 is 4.74 Å². The SMILES string of the molecule is CCOc1cccc(C(=O)Nc2nc(C)ns2)c1. The molecule has 18 heavy (non-hydrogen) atoms. The van der Waals surface area contributed by atoms with Gasteiger partial charge in [0.05, 0.1) is 6.61 Å². The molecule has 0 radical (unpaired) electrons. The van der Waals surface area contributed by atoms with Crippen LogP contribution in [0.1, 0.15) is 23.1 Å². The summed E-state index contributed by atoms with van der Waals surface area (Å²) in [6.07, 6.45) is 0. The number of aromatic nitrogens is 2. The number of amides is 1. The number of anilines is 1. The molecule has 6 heteroatoms. The molecule has 2 aromatic rings. The van der Waals surface area contributed by atoms with Crippen molar-refractivity contribution in [3.63, 3.8) is 0 Å². The van der Waals surface area contributed by atoms with Crippen LogP contribution in [-0.4, -0.2) is 21.9 Å². The van der Waals surface area contributed by atoms with Crippen LogP contribution in [0.25, 0.3) is 0 Å². The predicted octanol–water partition coefficient (Wildman–Crippen LogP) is 2.50. The third-order valence-electron chi connectivity index (χ3n) is 2.16. The molecule has 0 fully saturated rings. The number of nitrogens with zero attached hydrogens (tertiary/aromatic N) is 2. The predicted molar refractivity (Wildman–Crippen MR) is 70.2 cm³/mol. The molecule has 1 N–H and O–H groups in total. The van der Waals surface area contributed by atoms with Crippen LogP contribution in [0.3, 0.4) is 0 Å². The van der Waals surface area contributed by atoms with Crippen molar-refractivity contribution in [3.05, 3.63) is 35.7 Å². The van der Waals surface area contributed by atoms with Crippen molar-refractivity contribution in [2.45, 2.75) is 13.8 Å². The Bertz CT molecular complexity index is 554. The molecule has 1 heterocycles. The molecule has 94 valence electrons. The quantitative estimate of drug-likeness (QED) is 0.920. The fourth-order valence-electron chi connectivity index (χ4n) is 1.41. The van der Waals surface area contributed by atoms with Crippen molar-refractivity contribution in [3.8, 4) is 5.75 Å². The molecule has 0 aliphatic rings. The number of ether oxygens (including phenoxy) is 1. The van der Waals surface area contributed by atoms with E-state index in [-0.39, 0.29) is 5.91 Å². The first-order valence-corrected chi connectivity index (χ1v) is 6.31. The Morgan fingerprint density at radius 1 is 1.50 bits per heavy atom. The Hall–Kier alpha value is -1.95. The van der Waals surface area contributed by atoms with E-state index in [1.54, 1.807) is 25.1 Å². The van der Waals surface area contributed by atoms with Crippen LogP contribution in [-0.2, 0) is 0 Å². The molecule has 2 rings (SSSR count). The van der Waals surface area contributed by atoms with E-state index in [0.717, 1.165) is 11.5 Å². The average Bonchev–Trinajstić information content (AvgIpc) is 2.75. The molecule has 0 bridgehead atoms. The van der Waals surface area contributed by atoms with Crippen LogP contribution < -0.4 is 10.1 Å². The molecular weight excluding hydrogens is 250 g/mol. The lowest BCUT2D eigenvalue weighted by Crippen LogP contribution is -2.11. The monoisotopic (exact) mass is 263 g/mol. The fraction of sp³-hybridized carbons (Fsp3) is 0.250. The second-order valence-corrected chi connectivity index (χ2v) is 4.31. The van der Waals surface area contributed by atoms with Gasteiger partial charge in [0.15, 0.2) is 0 Å². The van der Waals surface area contributed by atoms with Gasteiger partial charge in [-0.2, -0.15) is 4.37 Å². The molecule has 0 aliphatic carbocycles. The minimum Gasteiger partial charge on any atom is -0.494 e. The van der Waals surface area contributed by atoms with Crippen LogP contribution in [0.5, 0.6) is 5.75 Å². The summed E-state index contributed by atoms with van der Waals surface area (Å²) >= 11 is 1.16. The first kappa shape index (κ1) is 12.5. The van der Waals surface area contributed by atoms with Gasteiger partial charge in [0.25, 0.3) is 5.91 Å². The number of carbonyl (C=O) groups is 1. The lowest BCUT2D eigenvalue weighted by Gasteiger charge is -2.05. The van der Waals surface area contributed by atoms with Gasteiger partial charge in [-0.1, -0.05) is 6.07 Å². The van der Waals surface area contributed by atoms with Gasteiger partial charge in [0.2, 0.25) is 5.13 Å². The maximum absolute atomic E-state index is 12.0. The van der Waals surface area contributed by atoms with E-state index in [9.17, 15) is 4.79 Å². The highest BCUT2D eigenvalue weighted by molar-refractivity contribution is 7.09. The normalized spacial score (nSPS) is 10.1. The third-order valence-corrected chi connectivity index (χ3v) is 2.88. The smallest absolute Gasteiger partial charge is 0.257 e. The number of aryl methyl sites for hydroxylation is 1. The van der Waals surface area contributed by atoms with Crippen LogP contribution in [0, 0.1) is 6.92 Å². The number of hydrogen-bond donors (Lipinski definition) is 1. The topological polar surface area (TPSA) is 64.1 Å². The van der Waals surface area contributed by atoms with Crippen molar-refractivity contribution in [1.29, 1.82) is 0 Å². The summed E-state index contributed by atoms with van der Waals surface area (Å²) < 4.78 is 9.35. The van der Waals surface area contributed by atoms with Gasteiger partial charge in [-0.15, -0.1) is 0 Å². The van der Waals surface area contributed by atoms with E-state index in [0.29, 0.717) is 28.9 Å². The fourth-order valence-corrected chi connectivity index (χ4v) is 1.98. The molecular formula is C12H13N3O2S. The molecule has 0 saturated heterocycles. The van der Waals surface area contributed by atoms with E-state index in [4.69, 9.17) is 4.74 Å². The highest BCUT2D eigenvalue weighted by Crippen LogP contribution is 2.16. The van der Waals surface area contributed by atoms with Crippen molar-refractivity contribution in [2.75, 3.05) is 11.9 Å². The summed E-state index contributed by atoms with van der Waals surface area (Å²) in [5, 5.41) is 3.20. The lowest BCUT2D eigenvalue weighted by molar-refractivity contribution is 0.102. The van der Waals surface area contributed by atoms with Crippen molar-refractivity contribution >= 4 is 22.6 Å². The van der Waals surface area contributed by atoms with E-state index >= 15 is 0 Å². The van der Waals surface area contributed by atoms with E-state index in [2.05, 4.69) is 14.7 Å². The lowest BCUT2D eigenvalue weighted by atomic mass is 10.2. The van der Waals surface area contributed by atoms with Crippen LogP contribution in [0.2, 0.25) is 0 Å². The molecule has 5 nitrogen and oxygen atoms in total. The number of benzene rings is 1. The highest BCUT2D eigenvalue weighted by atomic mass is 32.1. The first-order valence-electron chi connectivity index (χ1n) is 5.53. The van der Waals surface area contributed by atoms with Gasteiger partial charge in [-0.25, -0.2) is 4.98 Å². The molecule has 0 aliphatic heterocycles. The van der Waals surface area contributed by atoms with Crippen LogP contribution >= 0.6 is 11.5 Å². The maximum atomic E-state index is 12.0.